The predicted octanol–water partition coefficient (Wildman–Crippen LogP) is 24.4. The normalized spacial score (nSPS) is 12.8. The van der Waals surface area contributed by atoms with E-state index in [-0.39, 0.29) is 62.8 Å². The maximum atomic E-state index is 11.0. The van der Waals surface area contributed by atoms with Crippen LogP contribution in [-0.2, 0) is 29.2 Å². The van der Waals surface area contributed by atoms with E-state index in [9.17, 15) is 25.9 Å². The second-order valence-electron chi connectivity index (χ2n) is 25.3. The van der Waals surface area contributed by atoms with Crippen LogP contribution in [0.1, 0.15) is 413 Å². The van der Waals surface area contributed by atoms with Gasteiger partial charge < -0.3 is 9.11 Å². The molecule has 492 valence electrons. The van der Waals surface area contributed by atoms with E-state index in [4.69, 9.17) is 0 Å². The van der Waals surface area contributed by atoms with Crippen molar-refractivity contribution in [2.45, 2.75) is 413 Å². The summed E-state index contributed by atoms with van der Waals surface area (Å²) < 4.78 is 74.9. The minimum Gasteiger partial charge on any atom is -0.726 e. The number of unbranched alkanes of at least 4 members (excludes halogenated alkanes) is 54. The number of rotatable bonds is 68. The Balaban J connectivity index is -0.00000152. The molecule has 0 aromatic rings. The molecule has 0 fully saturated rings. The van der Waals surface area contributed by atoms with E-state index in [0.29, 0.717) is 0 Å². The molecule has 0 saturated heterocycles. The molecule has 0 N–H and O–H groups in total. The van der Waals surface area contributed by atoms with Gasteiger partial charge in [-0.05, 0) is 38.5 Å². The third kappa shape index (κ3) is 82.5. The molecule has 0 radical (unpaired) electrons. The average Bonchev–Trinajstić information content (AvgIpc) is 3.45. The first-order chi connectivity index (χ1) is 40.0. The summed E-state index contributed by atoms with van der Waals surface area (Å²) in [5, 5.41) is 0. The number of hydrogen-bond donors (Lipinski definition) is 0. The summed E-state index contributed by atoms with van der Waals surface area (Å²) in [5.74, 6) is 0.0332. The van der Waals surface area contributed by atoms with E-state index in [1.165, 1.54) is 347 Å². The summed E-state index contributed by atoms with van der Waals surface area (Å²) in [7, 11) is -9.24. The fraction of sp³-hybridized carbons (Fsp3) is 0.944. The molecule has 8 nitrogen and oxygen atoms in total. The van der Waals surface area contributed by atoms with Crippen molar-refractivity contribution in [3.63, 3.8) is 0 Å². The molecule has 0 amide bonds. The van der Waals surface area contributed by atoms with Gasteiger partial charge in [0.2, 0.25) is 20.8 Å². The molecule has 2 atom stereocenters. The second kappa shape index (κ2) is 73.2. The Morgan fingerprint density at radius 1 is 0.265 bits per heavy atom. The number of allylic oxidation sites excluding steroid dienone is 2. The molecule has 0 heterocycles. The summed E-state index contributed by atoms with van der Waals surface area (Å²) in [4.78, 5) is 0. The van der Waals surface area contributed by atoms with Gasteiger partial charge in [0.1, 0.15) is 0 Å². The van der Waals surface area contributed by atoms with Gasteiger partial charge in [-0.1, -0.05) is 399 Å². The molecule has 0 saturated carbocycles. The third-order valence-electron chi connectivity index (χ3n) is 17.0. The molecular formula is C72H142CaO8S2. The van der Waals surface area contributed by atoms with Crippen LogP contribution in [0.4, 0.5) is 0 Å². The Bertz CT molecular complexity index is 1380. The maximum Gasteiger partial charge on any atom is 2.00 e. The standard InChI is InChI=1S/2C36H72O4S.Ca/c2*1-3-5-7-9-11-13-15-17-18-19-20-21-22-24-26-28-30-32-34-36(35-40-41(37,38)39)33-31-29-27-25-23-16-14-12-10-8-6-4-2;/h2*31,33,36H,3-30,32,34-35H2,1-2H3,(H,37,38,39);/q;;+2/p-2/b2*33-31+;. The smallest absolute Gasteiger partial charge is 0.726 e. The van der Waals surface area contributed by atoms with Gasteiger partial charge in [0.25, 0.3) is 0 Å². The van der Waals surface area contributed by atoms with Crippen molar-refractivity contribution in [3.8, 4) is 0 Å². The van der Waals surface area contributed by atoms with Crippen LogP contribution in [-0.4, -0.2) is 76.9 Å². The quantitative estimate of drug-likeness (QED) is 0.0193. The van der Waals surface area contributed by atoms with Crippen LogP contribution in [0.15, 0.2) is 24.3 Å². The van der Waals surface area contributed by atoms with Crippen molar-refractivity contribution in [2.24, 2.45) is 11.8 Å². The zero-order valence-electron chi connectivity index (χ0n) is 56.1. The molecule has 0 bridgehead atoms. The summed E-state index contributed by atoms with van der Waals surface area (Å²) in [5.41, 5.74) is 0. The average molecular weight is 1240 g/mol. The van der Waals surface area contributed by atoms with Crippen LogP contribution in [0.2, 0.25) is 0 Å². The number of hydrogen-bond acceptors (Lipinski definition) is 8. The predicted molar refractivity (Wildman–Crippen MR) is 362 cm³/mol. The van der Waals surface area contributed by atoms with Crippen LogP contribution in [0.5, 0.6) is 0 Å². The topological polar surface area (TPSA) is 133 Å². The fourth-order valence-electron chi connectivity index (χ4n) is 11.5. The summed E-state index contributed by atoms with van der Waals surface area (Å²) in [6.07, 6.45) is 87.7. The van der Waals surface area contributed by atoms with E-state index in [0.717, 1.165) is 38.5 Å². The summed E-state index contributed by atoms with van der Waals surface area (Å²) in [6.45, 7) is 9.06. The van der Waals surface area contributed by atoms with Crippen molar-refractivity contribution in [3.05, 3.63) is 24.3 Å². The molecule has 83 heavy (non-hydrogen) atoms. The molecule has 0 aliphatic heterocycles. The molecular weight excluding hydrogens is 1100 g/mol. The van der Waals surface area contributed by atoms with Crippen LogP contribution >= 0.6 is 0 Å². The first-order valence-corrected chi connectivity index (χ1v) is 39.2. The van der Waals surface area contributed by atoms with Gasteiger partial charge in [0.05, 0.1) is 13.2 Å². The second-order valence-corrected chi connectivity index (χ2v) is 27.4. The van der Waals surface area contributed by atoms with Crippen molar-refractivity contribution in [1.82, 2.24) is 0 Å². The van der Waals surface area contributed by atoms with Crippen molar-refractivity contribution in [1.29, 1.82) is 0 Å². The molecule has 0 spiro atoms. The minimum atomic E-state index is -4.62. The molecule has 0 aliphatic rings. The molecule has 0 aromatic carbocycles. The van der Waals surface area contributed by atoms with E-state index in [1.54, 1.807) is 0 Å². The van der Waals surface area contributed by atoms with Gasteiger partial charge in [0.15, 0.2) is 0 Å². The van der Waals surface area contributed by atoms with Crippen LogP contribution in [0.3, 0.4) is 0 Å². The molecule has 11 heteroatoms. The Hall–Kier alpha value is 0.480. The van der Waals surface area contributed by atoms with Gasteiger partial charge >= 0.3 is 37.7 Å². The molecule has 2 unspecified atom stereocenters. The van der Waals surface area contributed by atoms with Gasteiger partial charge in [-0.3, -0.25) is 8.37 Å². The molecule has 0 aliphatic carbocycles. The van der Waals surface area contributed by atoms with Crippen LogP contribution in [0, 0.1) is 11.8 Å². The Labute approximate surface area is 550 Å². The Morgan fingerprint density at radius 3 is 0.590 bits per heavy atom. The zero-order valence-corrected chi connectivity index (χ0v) is 59.9. The van der Waals surface area contributed by atoms with Crippen molar-refractivity contribution in [2.75, 3.05) is 13.2 Å². The third-order valence-corrected chi connectivity index (χ3v) is 17.8. The maximum absolute atomic E-state index is 11.0. The summed E-state index contributed by atoms with van der Waals surface area (Å²) >= 11 is 0. The van der Waals surface area contributed by atoms with E-state index in [1.807, 2.05) is 0 Å². The largest absolute Gasteiger partial charge is 2.00 e. The van der Waals surface area contributed by atoms with Gasteiger partial charge in [-0.25, -0.2) is 16.8 Å². The minimum absolute atomic E-state index is 0. The van der Waals surface area contributed by atoms with E-state index < -0.39 is 20.8 Å². The molecule has 0 aromatic heterocycles. The summed E-state index contributed by atoms with van der Waals surface area (Å²) in [6, 6.07) is 0. The fourth-order valence-corrected chi connectivity index (χ4v) is 12.2. The monoisotopic (exact) mass is 1240 g/mol. The van der Waals surface area contributed by atoms with Crippen molar-refractivity contribution >= 4 is 58.5 Å². The Kier molecular flexibility index (Phi) is 77.3. The Morgan fingerprint density at radius 2 is 0.422 bits per heavy atom. The van der Waals surface area contributed by atoms with Gasteiger partial charge in [-0.2, -0.15) is 0 Å². The first-order valence-electron chi connectivity index (χ1n) is 36.5. The van der Waals surface area contributed by atoms with Gasteiger partial charge in [0, 0.05) is 11.8 Å². The van der Waals surface area contributed by atoms with Gasteiger partial charge in [-0.15, -0.1) is 0 Å². The van der Waals surface area contributed by atoms with E-state index >= 15 is 0 Å². The SMILES string of the molecule is CCCCCCCCCCCC/C=C/C(CCCCCCCCCCCCCCCCCCCC)COS(=O)(=O)[O-].CCCCCCCCCCCC/C=C/C(CCCCCCCCCCCCCCCCCCCC)COS(=O)(=O)[O-].[Ca+2]. The van der Waals surface area contributed by atoms with Crippen molar-refractivity contribution < 1.29 is 34.3 Å². The van der Waals surface area contributed by atoms with Crippen LogP contribution < -0.4 is 0 Å². The van der Waals surface area contributed by atoms with E-state index in [2.05, 4.69) is 60.4 Å². The van der Waals surface area contributed by atoms with Crippen LogP contribution in [0.25, 0.3) is 0 Å². The molecule has 0 rings (SSSR count). The zero-order chi connectivity index (χ0) is 60.2. The first kappa shape index (κ1) is 87.7.